The molecule has 1 aromatic heterocycles. The molecule has 0 aromatic carbocycles. The number of hydrogen-bond acceptors (Lipinski definition) is 4. The first-order chi connectivity index (χ1) is 10.6. The van der Waals surface area contributed by atoms with Crippen molar-refractivity contribution >= 4 is 28.3 Å². The van der Waals surface area contributed by atoms with E-state index in [2.05, 4.69) is 16.9 Å². The summed E-state index contributed by atoms with van der Waals surface area (Å²) in [7, 11) is 0. The summed E-state index contributed by atoms with van der Waals surface area (Å²) in [5, 5.41) is 4.43. The zero-order valence-electron chi connectivity index (χ0n) is 12.8. The van der Waals surface area contributed by atoms with Gasteiger partial charge in [-0.15, -0.1) is 17.9 Å². The lowest BCUT2D eigenvalue weighted by atomic mass is 10.2. The third-order valence-electron chi connectivity index (χ3n) is 2.71. The van der Waals surface area contributed by atoms with Gasteiger partial charge < -0.3 is 10.2 Å². The van der Waals surface area contributed by atoms with E-state index >= 15 is 0 Å². The van der Waals surface area contributed by atoms with Crippen LogP contribution in [0.3, 0.4) is 0 Å². The van der Waals surface area contributed by atoms with E-state index in [1.807, 2.05) is 0 Å². The topological polar surface area (TPSA) is 62.3 Å². The molecule has 0 aliphatic carbocycles. The van der Waals surface area contributed by atoms with Crippen LogP contribution in [-0.4, -0.2) is 41.0 Å². The van der Waals surface area contributed by atoms with E-state index in [4.69, 9.17) is 0 Å². The van der Waals surface area contributed by atoms with Crippen molar-refractivity contribution in [2.75, 3.05) is 18.4 Å². The van der Waals surface area contributed by atoms with Crippen molar-refractivity contribution in [3.05, 3.63) is 23.7 Å². The van der Waals surface area contributed by atoms with Gasteiger partial charge in [-0.1, -0.05) is 19.9 Å². The number of thiazole rings is 1. The van der Waals surface area contributed by atoms with Gasteiger partial charge in [0.25, 0.3) is 0 Å². The summed E-state index contributed by atoms with van der Waals surface area (Å²) >= 11 is 1.12. The molecule has 2 amide bonds. The van der Waals surface area contributed by atoms with E-state index in [1.54, 1.807) is 13.8 Å². The van der Waals surface area contributed by atoms with Gasteiger partial charge in [0.1, 0.15) is 6.54 Å². The summed E-state index contributed by atoms with van der Waals surface area (Å²) in [5.74, 6) is -1.14. The van der Waals surface area contributed by atoms with E-state index in [-0.39, 0.29) is 24.8 Å². The molecule has 128 valence electrons. The Kier molecular flexibility index (Phi) is 6.74. The second-order valence-corrected chi connectivity index (χ2v) is 6.00. The van der Waals surface area contributed by atoms with Gasteiger partial charge in [-0.05, 0) is 0 Å². The van der Waals surface area contributed by atoms with Crippen molar-refractivity contribution in [3.63, 3.8) is 0 Å². The number of aromatic nitrogens is 1. The van der Waals surface area contributed by atoms with Crippen LogP contribution in [0.1, 0.15) is 19.5 Å². The summed E-state index contributed by atoms with van der Waals surface area (Å²) < 4.78 is 37.4. The molecule has 23 heavy (non-hydrogen) atoms. The second kappa shape index (κ2) is 8.09. The fourth-order valence-corrected chi connectivity index (χ4v) is 2.30. The van der Waals surface area contributed by atoms with Gasteiger partial charge >= 0.3 is 6.18 Å². The number of anilines is 1. The fraction of sp³-hybridized carbons (Fsp3) is 0.500. The Bertz CT molecular complexity index is 570. The molecule has 9 heteroatoms. The molecule has 1 heterocycles. The van der Waals surface area contributed by atoms with Crippen molar-refractivity contribution in [2.45, 2.75) is 26.4 Å². The van der Waals surface area contributed by atoms with Crippen LogP contribution in [0.4, 0.5) is 18.3 Å². The smallest absolute Gasteiger partial charge is 0.330 e. The summed E-state index contributed by atoms with van der Waals surface area (Å²) in [6, 6.07) is 0. The average molecular weight is 349 g/mol. The average Bonchev–Trinajstić information content (AvgIpc) is 2.83. The van der Waals surface area contributed by atoms with Gasteiger partial charge in [0.2, 0.25) is 11.8 Å². The van der Waals surface area contributed by atoms with Crippen molar-refractivity contribution in [1.29, 1.82) is 0 Å². The van der Waals surface area contributed by atoms with E-state index in [0.29, 0.717) is 15.7 Å². The lowest BCUT2D eigenvalue weighted by Crippen LogP contribution is -2.39. The Hall–Kier alpha value is -1.90. The molecule has 0 bridgehead atoms. The van der Waals surface area contributed by atoms with Crippen LogP contribution >= 0.6 is 11.3 Å². The van der Waals surface area contributed by atoms with Gasteiger partial charge in [-0.3, -0.25) is 9.59 Å². The summed E-state index contributed by atoms with van der Waals surface area (Å²) in [6.45, 7) is 5.26. The maximum Gasteiger partial charge on any atom is 0.406 e. The first-order valence-corrected chi connectivity index (χ1v) is 7.71. The number of rotatable bonds is 7. The lowest BCUT2D eigenvalue weighted by molar-refractivity contribution is -0.159. The molecule has 0 fully saturated rings. The van der Waals surface area contributed by atoms with Crippen LogP contribution in [-0.2, 0) is 16.0 Å². The summed E-state index contributed by atoms with van der Waals surface area (Å²) in [6.07, 6.45) is -3.51. The Morgan fingerprint density at radius 2 is 2.13 bits per heavy atom. The zero-order valence-corrected chi connectivity index (χ0v) is 13.6. The standard InChI is InChI=1S/C14H18F3N3O2S/c1-4-5-20(8-14(15,16)17)11(21)6-10-7-23-13(18-10)19-12(22)9(2)3/h4,7,9H,1,5-6,8H2,2-3H3,(H,18,19,22). The molecule has 0 unspecified atom stereocenters. The number of amides is 2. The minimum atomic E-state index is -4.48. The normalized spacial score (nSPS) is 11.4. The van der Waals surface area contributed by atoms with Gasteiger partial charge in [0.15, 0.2) is 5.13 Å². The third kappa shape index (κ3) is 6.81. The van der Waals surface area contributed by atoms with Gasteiger partial charge in [0, 0.05) is 17.8 Å². The predicted molar refractivity (Wildman–Crippen MR) is 82.1 cm³/mol. The first kappa shape index (κ1) is 19.1. The molecule has 1 aromatic rings. The molecule has 5 nitrogen and oxygen atoms in total. The third-order valence-corrected chi connectivity index (χ3v) is 3.52. The van der Waals surface area contributed by atoms with E-state index in [9.17, 15) is 22.8 Å². The molecular formula is C14H18F3N3O2S. The molecular weight excluding hydrogens is 331 g/mol. The van der Waals surface area contributed by atoms with Crippen LogP contribution in [0.25, 0.3) is 0 Å². The van der Waals surface area contributed by atoms with Crippen molar-refractivity contribution in [2.24, 2.45) is 5.92 Å². The Morgan fingerprint density at radius 3 is 2.65 bits per heavy atom. The van der Waals surface area contributed by atoms with Gasteiger partial charge in [-0.25, -0.2) is 4.98 Å². The quantitative estimate of drug-likeness (QED) is 0.770. The van der Waals surface area contributed by atoms with Crippen molar-refractivity contribution < 1.29 is 22.8 Å². The van der Waals surface area contributed by atoms with Crippen LogP contribution in [0, 0.1) is 5.92 Å². The lowest BCUT2D eigenvalue weighted by Gasteiger charge is -2.22. The van der Waals surface area contributed by atoms with Crippen LogP contribution in [0.5, 0.6) is 0 Å². The minimum absolute atomic E-state index is 0.195. The summed E-state index contributed by atoms with van der Waals surface area (Å²) in [5.41, 5.74) is 0.315. The van der Waals surface area contributed by atoms with E-state index < -0.39 is 18.6 Å². The highest BCUT2D eigenvalue weighted by Gasteiger charge is 2.32. The van der Waals surface area contributed by atoms with Gasteiger partial charge in [0.05, 0.1) is 12.1 Å². The summed E-state index contributed by atoms with van der Waals surface area (Å²) in [4.78, 5) is 28.2. The molecule has 1 N–H and O–H groups in total. The van der Waals surface area contributed by atoms with Gasteiger partial charge in [-0.2, -0.15) is 13.2 Å². The van der Waals surface area contributed by atoms with Crippen LogP contribution < -0.4 is 5.32 Å². The Morgan fingerprint density at radius 1 is 1.48 bits per heavy atom. The highest BCUT2D eigenvalue weighted by Crippen LogP contribution is 2.19. The van der Waals surface area contributed by atoms with Crippen molar-refractivity contribution in [1.82, 2.24) is 9.88 Å². The molecule has 0 spiro atoms. The second-order valence-electron chi connectivity index (χ2n) is 5.14. The van der Waals surface area contributed by atoms with Crippen molar-refractivity contribution in [3.8, 4) is 0 Å². The van der Waals surface area contributed by atoms with Crippen LogP contribution in [0.15, 0.2) is 18.0 Å². The van der Waals surface area contributed by atoms with E-state index in [1.165, 1.54) is 11.5 Å². The molecule has 0 saturated heterocycles. The molecule has 0 aliphatic rings. The first-order valence-electron chi connectivity index (χ1n) is 6.83. The fourth-order valence-electron chi connectivity index (χ4n) is 1.59. The number of halogens is 3. The van der Waals surface area contributed by atoms with E-state index in [0.717, 1.165) is 11.3 Å². The number of alkyl halides is 3. The highest BCUT2D eigenvalue weighted by molar-refractivity contribution is 7.13. The maximum atomic E-state index is 12.5. The highest BCUT2D eigenvalue weighted by atomic mass is 32.1. The number of nitrogens with one attached hydrogen (secondary N) is 1. The predicted octanol–water partition coefficient (Wildman–Crippen LogP) is 2.86. The van der Waals surface area contributed by atoms with Crippen LogP contribution in [0.2, 0.25) is 0 Å². The number of hydrogen-bond donors (Lipinski definition) is 1. The number of nitrogens with zero attached hydrogens (tertiary/aromatic N) is 2. The number of carbonyl (C=O) groups is 2. The monoisotopic (exact) mass is 349 g/mol. The number of carbonyl (C=O) groups excluding carboxylic acids is 2. The zero-order chi connectivity index (χ0) is 17.6. The molecule has 1 rings (SSSR count). The SMILES string of the molecule is C=CCN(CC(F)(F)F)C(=O)Cc1csc(NC(=O)C(C)C)n1. The molecule has 0 atom stereocenters. The molecule has 0 aliphatic heterocycles. The molecule has 0 radical (unpaired) electrons. The minimum Gasteiger partial charge on any atom is -0.330 e. The largest absolute Gasteiger partial charge is 0.406 e. The Labute approximate surface area is 136 Å². The molecule has 0 saturated carbocycles. The maximum absolute atomic E-state index is 12.5. The Balaban J connectivity index is 2.70.